The number of fused-ring (bicyclic) bond motifs is 1. The molecule has 29 heavy (non-hydrogen) atoms. The van der Waals surface area contributed by atoms with Gasteiger partial charge >= 0.3 is 0 Å². The van der Waals surface area contributed by atoms with Crippen molar-refractivity contribution < 1.29 is 19.1 Å². The van der Waals surface area contributed by atoms with Crippen molar-refractivity contribution in [1.29, 1.82) is 0 Å². The van der Waals surface area contributed by atoms with Gasteiger partial charge in [-0.25, -0.2) is 0 Å². The van der Waals surface area contributed by atoms with Gasteiger partial charge in [0.1, 0.15) is 5.75 Å². The molecule has 4 rings (SSSR count). The van der Waals surface area contributed by atoms with Crippen molar-refractivity contribution in [2.24, 2.45) is 7.05 Å². The lowest BCUT2D eigenvalue weighted by Gasteiger charge is -2.26. The fraction of sp³-hybridized carbons (Fsp3) is 0.286. The molecular weight excluding hydrogens is 372 g/mol. The van der Waals surface area contributed by atoms with Gasteiger partial charge in [0.05, 0.1) is 18.7 Å². The molecule has 0 spiro atoms. The van der Waals surface area contributed by atoms with E-state index in [0.29, 0.717) is 43.4 Å². The van der Waals surface area contributed by atoms with Crippen LogP contribution in [0.2, 0.25) is 0 Å². The molecule has 150 valence electrons. The third-order valence-corrected chi connectivity index (χ3v) is 4.81. The van der Waals surface area contributed by atoms with Gasteiger partial charge in [-0.15, -0.1) is 0 Å². The molecule has 1 saturated heterocycles. The average Bonchev–Trinajstić information content (AvgIpc) is 3.10. The number of carbonyl (C=O) groups excluding carboxylic acids is 2. The molecule has 3 aromatic rings. The molecular formula is C21H22N4O4. The van der Waals surface area contributed by atoms with Gasteiger partial charge in [0.25, 0.3) is 11.8 Å². The summed E-state index contributed by atoms with van der Waals surface area (Å²) in [5.41, 5.74) is 1.89. The number of aromatic nitrogens is 2. The molecule has 1 N–H and O–H groups in total. The fourth-order valence-electron chi connectivity index (χ4n) is 3.26. The summed E-state index contributed by atoms with van der Waals surface area (Å²) in [6.07, 6.45) is 0. The van der Waals surface area contributed by atoms with Crippen molar-refractivity contribution in [3.63, 3.8) is 0 Å². The SMILES string of the molecule is Cn1nc(C(=O)Nc2ccc(OCC(=O)N3CCOCC3)cc2)c2ccccc21. The zero-order chi connectivity index (χ0) is 20.2. The van der Waals surface area contributed by atoms with Gasteiger partial charge in [-0.1, -0.05) is 18.2 Å². The van der Waals surface area contributed by atoms with E-state index in [1.165, 1.54) is 0 Å². The Balaban J connectivity index is 1.36. The van der Waals surface area contributed by atoms with Crippen molar-refractivity contribution >= 4 is 28.4 Å². The van der Waals surface area contributed by atoms with Crippen LogP contribution >= 0.6 is 0 Å². The van der Waals surface area contributed by atoms with Crippen LogP contribution in [-0.4, -0.2) is 59.4 Å². The summed E-state index contributed by atoms with van der Waals surface area (Å²) in [4.78, 5) is 26.5. The topological polar surface area (TPSA) is 85.7 Å². The highest BCUT2D eigenvalue weighted by molar-refractivity contribution is 6.11. The highest BCUT2D eigenvalue weighted by atomic mass is 16.5. The Bertz CT molecular complexity index is 1020. The predicted octanol–water partition coefficient (Wildman–Crippen LogP) is 2.06. The molecule has 0 saturated carbocycles. The van der Waals surface area contributed by atoms with Crippen LogP contribution in [0.1, 0.15) is 10.5 Å². The van der Waals surface area contributed by atoms with Gasteiger partial charge in [-0.2, -0.15) is 5.10 Å². The van der Waals surface area contributed by atoms with Gasteiger partial charge in [0, 0.05) is 31.2 Å². The molecule has 1 fully saturated rings. The first-order valence-electron chi connectivity index (χ1n) is 9.43. The Labute approximate surface area is 168 Å². The first kappa shape index (κ1) is 18.9. The first-order valence-corrected chi connectivity index (χ1v) is 9.43. The second kappa shape index (κ2) is 8.32. The summed E-state index contributed by atoms with van der Waals surface area (Å²) in [7, 11) is 1.81. The van der Waals surface area contributed by atoms with Crippen LogP contribution < -0.4 is 10.1 Å². The number of hydrogen-bond donors (Lipinski definition) is 1. The van der Waals surface area contributed by atoms with Crippen LogP contribution in [-0.2, 0) is 16.6 Å². The molecule has 2 amide bonds. The minimum absolute atomic E-state index is 0.0222. The molecule has 1 aromatic heterocycles. The Morgan fingerprint density at radius 3 is 2.59 bits per heavy atom. The molecule has 1 aliphatic rings. The summed E-state index contributed by atoms with van der Waals surface area (Å²) in [5, 5.41) is 7.97. The number of carbonyl (C=O) groups is 2. The van der Waals surface area contributed by atoms with Crippen molar-refractivity contribution in [3.05, 3.63) is 54.2 Å². The van der Waals surface area contributed by atoms with E-state index in [2.05, 4.69) is 10.4 Å². The van der Waals surface area contributed by atoms with Crippen molar-refractivity contribution in [1.82, 2.24) is 14.7 Å². The third kappa shape index (κ3) is 4.22. The van der Waals surface area contributed by atoms with E-state index in [1.54, 1.807) is 33.8 Å². The molecule has 2 heterocycles. The molecule has 8 nitrogen and oxygen atoms in total. The number of nitrogens with zero attached hydrogens (tertiary/aromatic N) is 3. The van der Waals surface area contributed by atoms with Crippen molar-refractivity contribution in [2.75, 3.05) is 38.2 Å². The number of rotatable bonds is 5. The fourth-order valence-corrected chi connectivity index (χ4v) is 3.26. The molecule has 2 aromatic carbocycles. The lowest BCUT2D eigenvalue weighted by Crippen LogP contribution is -2.42. The van der Waals surface area contributed by atoms with Gasteiger partial charge in [0.15, 0.2) is 12.3 Å². The summed E-state index contributed by atoms with van der Waals surface area (Å²) in [6, 6.07) is 14.5. The number of amides is 2. The summed E-state index contributed by atoms with van der Waals surface area (Å²) in [6.45, 7) is 2.29. The number of aryl methyl sites for hydroxylation is 1. The van der Waals surface area contributed by atoms with Crippen molar-refractivity contribution in [3.8, 4) is 5.75 Å². The Morgan fingerprint density at radius 1 is 1.10 bits per heavy atom. The minimum Gasteiger partial charge on any atom is -0.484 e. The lowest BCUT2D eigenvalue weighted by molar-refractivity contribution is -0.137. The Hall–Kier alpha value is -3.39. The van der Waals surface area contributed by atoms with Crippen LogP contribution in [0.25, 0.3) is 10.9 Å². The largest absolute Gasteiger partial charge is 0.484 e. The molecule has 1 aliphatic heterocycles. The normalized spacial score (nSPS) is 14.0. The average molecular weight is 394 g/mol. The number of benzene rings is 2. The zero-order valence-corrected chi connectivity index (χ0v) is 16.1. The smallest absolute Gasteiger partial charge is 0.276 e. The summed E-state index contributed by atoms with van der Waals surface area (Å²) < 4.78 is 12.5. The zero-order valence-electron chi connectivity index (χ0n) is 16.1. The highest BCUT2D eigenvalue weighted by Gasteiger charge is 2.18. The van der Waals surface area contributed by atoms with E-state index < -0.39 is 0 Å². The molecule has 0 bridgehead atoms. The number of ether oxygens (including phenoxy) is 2. The molecule has 0 radical (unpaired) electrons. The minimum atomic E-state index is -0.280. The van der Waals surface area contributed by atoms with Gasteiger partial charge in [-0.3, -0.25) is 14.3 Å². The van der Waals surface area contributed by atoms with E-state index in [0.717, 1.165) is 10.9 Å². The maximum Gasteiger partial charge on any atom is 0.276 e. The summed E-state index contributed by atoms with van der Waals surface area (Å²) in [5.74, 6) is 0.221. The molecule has 8 heteroatoms. The van der Waals surface area contributed by atoms with Gasteiger partial charge in [-0.05, 0) is 30.3 Å². The van der Waals surface area contributed by atoms with E-state index >= 15 is 0 Å². The third-order valence-electron chi connectivity index (χ3n) is 4.81. The first-order chi connectivity index (χ1) is 14.1. The number of nitrogens with one attached hydrogen (secondary N) is 1. The number of anilines is 1. The van der Waals surface area contributed by atoms with E-state index in [-0.39, 0.29) is 18.4 Å². The summed E-state index contributed by atoms with van der Waals surface area (Å²) >= 11 is 0. The quantitative estimate of drug-likeness (QED) is 0.716. The van der Waals surface area contributed by atoms with Gasteiger partial charge < -0.3 is 19.7 Å². The maximum atomic E-state index is 12.6. The number of para-hydroxylation sites is 1. The van der Waals surface area contributed by atoms with Gasteiger partial charge in [0.2, 0.25) is 0 Å². The van der Waals surface area contributed by atoms with Crippen LogP contribution in [0.3, 0.4) is 0 Å². The second-order valence-corrected chi connectivity index (χ2v) is 6.75. The van der Waals surface area contributed by atoms with Crippen LogP contribution in [0.5, 0.6) is 5.75 Å². The predicted molar refractivity (Wildman–Crippen MR) is 108 cm³/mol. The van der Waals surface area contributed by atoms with E-state index in [4.69, 9.17) is 9.47 Å². The molecule has 0 atom stereocenters. The van der Waals surface area contributed by atoms with E-state index in [9.17, 15) is 9.59 Å². The maximum absolute atomic E-state index is 12.6. The van der Waals surface area contributed by atoms with Crippen LogP contribution in [0.15, 0.2) is 48.5 Å². The molecule has 0 unspecified atom stereocenters. The molecule has 0 aliphatic carbocycles. The monoisotopic (exact) mass is 394 g/mol. The van der Waals surface area contributed by atoms with E-state index in [1.807, 2.05) is 31.3 Å². The van der Waals surface area contributed by atoms with Crippen molar-refractivity contribution in [2.45, 2.75) is 0 Å². The standard InChI is InChI=1S/C21H22N4O4/c1-24-18-5-3-2-4-17(18)20(23-24)21(27)22-15-6-8-16(9-7-15)29-14-19(26)25-10-12-28-13-11-25/h2-9H,10-14H2,1H3,(H,22,27). The van der Waals surface area contributed by atoms with Crippen LogP contribution in [0, 0.1) is 0 Å². The highest BCUT2D eigenvalue weighted by Crippen LogP contribution is 2.20. The number of morpholine rings is 1. The Kier molecular flexibility index (Phi) is 5.44. The lowest BCUT2D eigenvalue weighted by atomic mass is 10.2. The number of hydrogen-bond acceptors (Lipinski definition) is 5. The van der Waals surface area contributed by atoms with Crippen LogP contribution in [0.4, 0.5) is 5.69 Å². The Morgan fingerprint density at radius 2 is 1.83 bits per heavy atom. The second-order valence-electron chi connectivity index (χ2n) is 6.75.